The van der Waals surface area contributed by atoms with Crippen LogP contribution in [-0.4, -0.2) is 42.0 Å². The van der Waals surface area contributed by atoms with Crippen LogP contribution in [0.3, 0.4) is 0 Å². The third-order valence-electron chi connectivity index (χ3n) is 2.39. The van der Waals surface area contributed by atoms with Crippen molar-refractivity contribution in [2.75, 3.05) is 20.1 Å². The van der Waals surface area contributed by atoms with Crippen LogP contribution in [0.5, 0.6) is 5.75 Å². The van der Waals surface area contributed by atoms with E-state index in [9.17, 15) is 4.79 Å². The van der Waals surface area contributed by atoms with Crippen molar-refractivity contribution >= 4 is 28.8 Å². The fraction of sp³-hybridized carbons (Fsp3) is 0.400. The SMILES string of the molecule is CN1CC(Oc2ccc(C(=O)NI)nc2)C1. The summed E-state index contributed by atoms with van der Waals surface area (Å²) in [6.07, 6.45) is 1.83. The summed E-state index contributed by atoms with van der Waals surface area (Å²) in [4.78, 5) is 17.4. The van der Waals surface area contributed by atoms with Crippen molar-refractivity contribution in [3.05, 3.63) is 24.0 Å². The Morgan fingerprint density at radius 1 is 1.62 bits per heavy atom. The maximum absolute atomic E-state index is 11.2. The largest absolute Gasteiger partial charge is 0.486 e. The van der Waals surface area contributed by atoms with Crippen molar-refractivity contribution in [2.45, 2.75) is 6.10 Å². The first-order valence-electron chi connectivity index (χ1n) is 4.91. The molecule has 5 nitrogen and oxygen atoms in total. The van der Waals surface area contributed by atoms with Crippen molar-refractivity contribution in [1.82, 2.24) is 13.4 Å². The van der Waals surface area contributed by atoms with Gasteiger partial charge in [-0.3, -0.25) is 13.2 Å². The molecular weight excluding hydrogens is 321 g/mol. The molecular formula is C10H12IN3O2. The number of hydrogen-bond donors (Lipinski definition) is 1. The zero-order valence-electron chi connectivity index (χ0n) is 8.81. The third-order valence-corrected chi connectivity index (χ3v) is 2.88. The normalized spacial score (nSPS) is 16.6. The summed E-state index contributed by atoms with van der Waals surface area (Å²) in [6.45, 7) is 1.88. The average Bonchev–Trinajstić information content (AvgIpc) is 2.27. The zero-order valence-corrected chi connectivity index (χ0v) is 11.0. The number of amides is 1. The highest BCUT2D eigenvalue weighted by atomic mass is 127. The van der Waals surface area contributed by atoms with Crippen LogP contribution in [0.15, 0.2) is 18.3 Å². The molecule has 1 aliphatic rings. The number of nitrogens with one attached hydrogen (secondary N) is 1. The lowest BCUT2D eigenvalue weighted by atomic mass is 10.2. The lowest BCUT2D eigenvalue weighted by Gasteiger charge is -2.35. The first-order chi connectivity index (χ1) is 7.69. The van der Waals surface area contributed by atoms with Gasteiger partial charge in [0.15, 0.2) is 0 Å². The lowest BCUT2D eigenvalue weighted by Crippen LogP contribution is -2.51. The molecule has 1 N–H and O–H groups in total. The molecule has 16 heavy (non-hydrogen) atoms. The standard InChI is InChI=1S/C10H12IN3O2/c1-14-5-8(6-14)16-7-2-3-9(12-4-7)10(15)13-11/h2-4,8H,5-6H2,1H3,(H,13,15). The predicted octanol–water partition coefficient (Wildman–Crippen LogP) is 0.854. The van der Waals surface area contributed by atoms with E-state index in [1.165, 1.54) is 0 Å². The Bertz CT molecular complexity index is 376. The van der Waals surface area contributed by atoms with Crippen LogP contribution < -0.4 is 8.27 Å². The van der Waals surface area contributed by atoms with Crippen molar-refractivity contribution in [3.63, 3.8) is 0 Å². The number of hydrogen-bond acceptors (Lipinski definition) is 4. The second kappa shape index (κ2) is 4.96. The van der Waals surface area contributed by atoms with Gasteiger partial charge in [0.05, 0.1) is 29.1 Å². The molecule has 1 fully saturated rings. The highest BCUT2D eigenvalue weighted by Gasteiger charge is 2.24. The summed E-state index contributed by atoms with van der Waals surface area (Å²) in [5.74, 6) is 0.513. The summed E-state index contributed by atoms with van der Waals surface area (Å²) >= 11 is 1.79. The average molecular weight is 333 g/mol. The highest BCUT2D eigenvalue weighted by molar-refractivity contribution is 14.1. The summed E-state index contributed by atoms with van der Waals surface area (Å²) < 4.78 is 8.14. The minimum absolute atomic E-state index is 0.199. The van der Waals surface area contributed by atoms with Crippen molar-refractivity contribution in [2.24, 2.45) is 0 Å². The maximum atomic E-state index is 11.2. The lowest BCUT2D eigenvalue weighted by molar-refractivity contribution is 0.0385. The molecule has 86 valence electrons. The van der Waals surface area contributed by atoms with E-state index in [4.69, 9.17) is 4.74 Å². The fourth-order valence-corrected chi connectivity index (χ4v) is 1.82. The van der Waals surface area contributed by atoms with Gasteiger partial charge in [-0.15, -0.1) is 0 Å². The summed E-state index contributed by atoms with van der Waals surface area (Å²) in [6, 6.07) is 3.43. The zero-order chi connectivity index (χ0) is 11.5. The molecule has 1 aromatic rings. The Kier molecular flexibility index (Phi) is 3.59. The number of aromatic nitrogens is 1. The van der Waals surface area contributed by atoms with Gasteiger partial charge in [-0.1, -0.05) is 0 Å². The fourth-order valence-electron chi connectivity index (χ4n) is 1.54. The van der Waals surface area contributed by atoms with Crippen LogP contribution in [0.25, 0.3) is 0 Å². The van der Waals surface area contributed by atoms with Crippen molar-refractivity contribution in [1.29, 1.82) is 0 Å². The van der Waals surface area contributed by atoms with Gasteiger partial charge in [0.1, 0.15) is 17.5 Å². The van der Waals surface area contributed by atoms with Crippen molar-refractivity contribution in [3.8, 4) is 5.75 Å². The Labute approximate surface area is 108 Å². The van der Waals surface area contributed by atoms with Gasteiger partial charge in [-0.05, 0) is 19.2 Å². The number of pyridine rings is 1. The van der Waals surface area contributed by atoms with E-state index in [2.05, 4.69) is 13.4 Å². The molecule has 0 saturated carbocycles. The smallest absolute Gasteiger partial charge is 0.278 e. The molecule has 1 saturated heterocycles. The molecule has 0 radical (unpaired) electrons. The van der Waals surface area contributed by atoms with Gasteiger partial charge in [-0.25, -0.2) is 4.98 Å². The molecule has 1 aromatic heterocycles. The summed E-state index contributed by atoms with van der Waals surface area (Å²) in [5.41, 5.74) is 0.396. The molecule has 0 unspecified atom stereocenters. The molecule has 0 bridgehead atoms. The van der Waals surface area contributed by atoms with Gasteiger partial charge in [0.25, 0.3) is 5.91 Å². The Hall–Kier alpha value is -0.890. The van der Waals surface area contributed by atoms with Crippen LogP contribution in [0.2, 0.25) is 0 Å². The molecule has 1 amide bonds. The Morgan fingerprint density at radius 2 is 2.38 bits per heavy atom. The van der Waals surface area contributed by atoms with Gasteiger partial charge in [0.2, 0.25) is 0 Å². The molecule has 2 heterocycles. The third kappa shape index (κ3) is 2.62. The van der Waals surface area contributed by atoms with E-state index in [0.717, 1.165) is 13.1 Å². The maximum Gasteiger partial charge on any atom is 0.278 e. The van der Waals surface area contributed by atoms with Gasteiger partial charge in [-0.2, -0.15) is 0 Å². The molecule has 1 aliphatic heterocycles. The van der Waals surface area contributed by atoms with Crippen molar-refractivity contribution < 1.29 is 9.53 Å². The highest BCUT2D eigenvalue weighted by Crippen LogP contribution is 2.16. The quantitative estimate of drug-likeness (QED) is 0.658. The molecule has 0 atom stereocenters. The predicted molar refractivity (Wildman–Crippen MR) is 67.6 cm³/mol. The number of halogens is 1. The first kappa shape index (κ1) is 11.6. The van der Waals surface area contributed by atoms with E-state index >= 15 is 0 Å². The second-order valence-electron chi connectivity index (χ2n) is 3.76. The number of rotatable bonds is 3. The topological polar surface area (TPSA) is 54.5 Å². The molecule has 0 spiro atoms. The number of carbonyl (C=O) groups is 1. The van der Waals surface area contributed by atoms with Gasteiger partial charge < -0.3 is 4.74 Å². The molecule has 2 rings (SSSR count). The number of ether oxygens (including phenoxy) is 1. The summed E-state index contributed by atoms with van der Waals surface area (Å²) in [7, 11) is 2.05. The van der Waals surface area contributed by atoms with E-state index in [0.29, 0.717) is 11.4 Å². The van der Waals surface area contributed by atoms with E-state index in [1.807, 2.05) is 7.05 Å². The molecule has 0 aromatic carbocycles. The van der Waals surface area contributed by atoms with Crippen LogP contribution >= 0.6 is 22.9 Å². The van der Waals surface area contributed by atoms with E-state index in [1.54, 1.807) is 41.2 Å². The van der Waals surface area contributed by atoms with Crippen LogP contribution in [0.1, 0.15) is 10.5 Å². The van der Waals surface area contributed by atoms with Gasteiger partial charge >= 0.3 is 0 Å². The second-order valence-corrected chi connectivity index (χ2v) is 4.30. The molecule has 0 aliphatic carbocycles. The van der Waals surface area contributed by atoms with Crippen LogP contribution in [0.4, 0.5) is 0 Å². The van der Waals surface area contributed by atoms with Crippen LogP contribution in [-0.2, 0) is 0 Å². The number of nitrogens with zero attached hydrogens (tertiary/aromatic N) is 2. The Morgan fingerprint density at radius 3 is 2.88 bits per heavy atom. The summed E-state index contributed by atoms with van der Waals surface area (Å²) in [5, 5.41) is 0. The number of likely N-dealkylation sites (tertiary alicyclic amines) is 1. The number of likely N-dealkylation sites (N-methyl/N-ethyl adjacent to an activating group) is 1. The molecule has 6 heteroatoms. The Balaban J connectivity index is 1.94. The van der Waals surface area contributed by atoms with E-state index < -0.39 is 0 Å². The van der Waals surface area contributed by atoms with Gasteiger partial charge in [0, 0.05) is 13.1 Å². The number of carbonyl (C=O) groups excluding carboxylic acids is 1. The minimum Gasteiger partial charge on any atom is -0.486 e. The van der Waals surface area contributed by atoms with Crippen LogP contribution in [0, 0.1) is 0 Å². The first-order valence-corrected chi connectivity index (χ1v) is 5.99. The monoisotopic (exact) mass is 333 g/mol. The minimum atomic E-state index is -0.199. The van der Waals surface area contributed by atoms with E-state index in [-0.39, 0.29) is 12.0 Å².